The normalized spacial score (nSPS) is 13.2. The molecule has 32 heavy (non-hydrogen) atoms. The van der Waals surface area contributed by atoms with Gasteiger partial charge in [0.25, 0.3) is 5.91 Å². The van der Waals surface area contributed by atoms with Gasteiger partial charge in [0.2, 0.25) is 0 Å². The fourth-order valence-electron chi connectivity index (χ4n) is 3.32. The van der Waals surface area contributed by atoms with Crippen LogP contribution >= 0.6 is 11.8 Å². The van der Waals surface area contributed by atoms with Crippen LogP contribution in [-0.4, -0.2) is 31.7 Å². The van der Waals surface area contributed by atoms with Crippen molar-refractivity contribution in [2.75, 3.05) is 0 Å². The zero-order valence-electron chi connectivity index (χ0n) is 17.1. The molecule has 4 aromatic rings. The van der Waals surface area contributed by atoms with Gasteiger partial charge >= 0.3 is 0 Å². The average molecular weight is 446 g/mol. The molecule has 0 aliphatic heterocycles. The van der Waals surface area contributed by atoms with E-state index in [-0.39, 0.29) is 11.7 Å². The van der Waals surface area contributed by atoms with Crippen molar-refractivity contribution in [2.24, 2.45) is 0 Å². The number of halogens is 1. The summed E-state index contributed by atoms with van der Waals surface area (Å²) in [6, 6.07) is 17.9. The maximum atomic E-state index is 13.5. The van der Waals surface area contributed by atoms with Crippen LogP contribution in [0.2, 0.25) is 0 Å². The van der Waals surface area contributed by atoms with E-state index < -0.39 is 0 Å². The van der Waals surface area contributed by atoms with Crippen LogP contribution in [0, 0.1) is 5.82 Å². The summed E-state index contributed by atoms with van der Waals surface area (Å²) >= 11 is 1.51. The first-order valence-electron chi connectivity index (χ1n) is 10.3. The molecule has 1 aliphatic rings. The highest BCUT2D eigenvalue weighted by atomic mass is 32.2. The van der Waals surface area contributed by atoms with Gasteiger partial charge in [0.05, 0.1) is 0 Å². The van der Waals surface area contributed by atoms with Crippen molar-refractivity contribution in [3.8, 4) is 17.1 Å². The lowest BCUT2D eigenvalue weighted by Crippen LogP contribution is -2.25. The zero-order valence-corrected chi connectivity index (χ0v) is 17.9. The minimum atomic E-state index is -0.303. The van der Waals surface area contributed by atoms with E-state index >= 15 is 0 Å². The molecule has 8 heteroatoms. The number of hydrogen-bond donors (Lipinski definition) is 1. The number of nitrogens with one attached hydrogen (secondary N) is 1. The Hall–Kier alpha value is -3.52. The van der Waals surface area contributed by atoms with Gasteiger partial charge in [-0.05, 0) is 66.9 Å². The number of rotatable bonds is 7. The molecule has 0 radical (unpaired) electrons. The molecule has 2 heterocycles. The van der Waals surface area contributed by atoms with Crippen molar-refractivity contribution < 1.29 is 9.18 Å². The van der Waals surface area contributed by atoms with E-state index in [2.05, 4.69) is 20.5 Å². The predicted octanol–water partition coefficient (Wildman–Crippen LogP) is 4.65. The third-order valence-corrected chi connectivity index (χ3v) is 6.13. The molecule has 0 atom stereocenters. The Morgan fingerprint density at radius 2 is 1.84 bits per heavy atom. The van der Waals surface area contributed by atoms with Gasteiger partial charge in [0.15, 0.2) is 11.0 Å². The molecule has 0 bridgehead atoms. The first-order chi connectivity index (χ1) is 15.7. The Morgan fingerprint density at radius 3 is 2.59 bits per heavy atom. The molecule has 1 N–H and O–H groups in total. The second-order valence-corrected chi connectivity index (χ2v) is 8.53. The molecule has 0 unspecified atom stereocenters. The van der Waals surface area contributed by atoms with E-state index in [0.717, 1.165) is 29.7 Å². The summed E-state index contributed by atoms with van der Waals surface area (Å²) in [6.07, 6.45) is 5.51. The van der Waals surface area contributed by atoms with Gasteiger partial charge in [-0.15, -0.1) is 10.2 Å². The predicted molar refractivity (Wildman–Crippen MR) is 121 cm³/mol. The lowest BCUT2D eigenvalue weighted by atomic mass is 10.1. The van der Waals surface area contributed by atoms with Gasteiger partial charge in [0, 0.05) is 41.0 Å². The summed E-state index contributed by atoms with van der Waals surface area (Å²) in [5, 5.41) is 12.5. The molecule has 6 nitrogen and oxygen atoms in total. The van der Waals surface area contributed by atoms with Crippen LogP contribution in [0.3, 0.4) is 0 Å². The molecule has 0 spiro atoms. The molecular formula is C24H20FN5OS. The molecule has 1 aliphatic carbocycles. The second kappa shape index (κ2) is 8.92. The maximum absolute atomic E-state index is 13.5. The maximum Gasteiger partial charge on any atom is 0.251 e. The van der Waals surface area contributed by atoms with E-state index in [1.807, 2.05) is 41.0 Å². The zero-order chi connectivity index (χ0) is 21.9. The Bertz CT molecular complexity index is 1240. The number of hydrogen-bond acceptors (Lipinski definition) is 5. The van der Waals surface area contributed by atoms with Crippen LogP contribution in [-0.2, 0) is 5.75 Å². The van der Waals surface area contributed by atoms with Gasteiger partial charge in [-0.3, -0.25) is 14.3 Å². The lowest BCUT2D eigenvalue weighted by Gasteiger charge is -2.11. The number of benzene rings is 2. The van der Waals surface area contributed by atoms with Gasteiger partial charge < -0.3 is 5.32 Å². The monoisotopic (exact) mass is 445 g/mol. The molecule has 0 saturated heterocycles. The van der Waals surface area contributed by atoms with Crippen LogP contribution in [0.15, 0.2) is 78.2 Å². The van der Waals surface area contributed by atoms with Gasteiger partial charge in [0.1, 0.15) is 5.82 Å². The van der Waals surface area contributed by atoms with E-state index in [9.17, 15) is 9.18 Å². The van der Waals surface area contributed by atoms with E-state index in [0.29, 0.717) is 28.3 Å². The summed E-state index contributed by atoms with van der Waals surface area (Å²) < 4.78 is 15.4. The fraction of sp³-hybridized carbons (Fsp3) is 0.167. The van der Waals surface area contributed by atoms with E-state index in [1.165, 1.54) is 23.9 Å². The van der Waals surface area contributed by atoms with Crippen LogP contribution in [0.1, 0.15) is 28.8 Å². The van der Waals surface area contributed by atoms with Gasteiger partial charge in [-0.2, -0.15) is 0 Å². The summed E-state index contributed by atoms with van der Waals surface area (Å²) in [5.74, 6) is 0.927. The molecule has 1 amide bonds. The first kappa shape index (κ1) is 20.4. The molecular weight excluding hydrogens is 425 g/mol. The molecule has 1 saturated carbocycles. The summed E-state index contributed by atoms with van der Waals surface area (Å²) in [5.41, 5.74) is 3.30. The largest absolute Gasteiger partial charge is 0.349 e. The van der Waals surface area contributed by atoms with E-state index in [4.69, 9.17) is 0 Å². The summed E-state index contributed by atoms with van der Waals surface area (Å²) in [7, 11) is 0. The van der Waals surface area contributed by atoms with Crippen molar-refractivity contribution in [1.29, 1.82) is 0 Å². The summed E-state index contributed by atoms with van der Waals surface area (Å²) in [4.78, 5) is 16.4. The van der Waals surface area contributed by atoms with Crippen molar-refractivity contribution in [3.05, 3.63) is 90.0 Å². The van der Waals surface area contributed by atoms with Crippen molar-refractivity contribution in [1.82, 2.24) is 25.1 Å². The van der Waals surface area contributed by atoms with Crippen LogP contribution in [0.25, 0.3) is 17.1 Å². The van der Waals surface area contributed by atoms with Crippen LogP contribution in [0.5, 0.6) is 0 Å². The number of carbonyl (C=O) groups is 1. The smallest absolute Gasteiger partial charge is 0.251 e. The Balaban J connectivity index is 1.42. The minimum absolute atomic E-state index is 0.0335. The number of aromatic nitrogens is 4. The highest BCUT2D eigenvalue weighted by Gasteiger charge is 2.24. The Morgan fingerprint density at radius 1 is 1.06 bits per heavy atom. The standard InChI is InChI=1S/C24H20FN5OS/c25-19-4-8-21(9-5-19)30-22(17-10-12-26-13-11-17)28-29-24(30)32-15-16-2-1-3-18(14-16)23(31)27-20-6-7-20/h1-5,8-14,20H,6-7,15H2,(H,27,31). The quantitative estimate of drug-likeness (QED) is 0.419. The molecule has 2 aromatic heterocycles. The summed E-state index contributed by atoms with van der Waals surface area (Å²) in [6.45, 7) is 0. The SMILES string of the molecule is O=C(NC1CC1)c1cccc(CSc2nnc(-c3ccncc3)n2-c2ccc(F)cc2)c1. The number of nitrogens with zero attached hydrogens (tertiary/aromatic N) is 4. The molecule has 2 aromatic carbocycles. The van der Waals surface area contributed by atoms with Crippen molar-refractivity contribution >= 4 is 17.7 Å². The Kier molecular flexibility index (Phi) is 5.68. The van der Waals surface area contributed by atoms with Crippen LogP contribution < -0.4 is 5.32 Å². The average Bonchev–Trinajstić information content (AvgIpc) is 3.54. The lowest BCUT2D eigenvalue weighted by molar-refractivity contribution is 0.0951. The third-order valence-electron chi connectivity index (χ3n) is 5.13. The number of thioether (sulfide) groups is 1. The highest BCUT2D eigenvalue weighted by Crippen LogP contribution is 2.30. The topological polar surface area (TPSA) is 72.7 Å². The van der Waals surface area contributed by atoms with Crippen molar-refractivity contribution in [3.63, 3.8) is 0 Å². The number of pyridine rings is 1. The fourth-order valence-corrected chi connectivity index (χ4v) is 4.22. The van der Waals surface area contributed by atoms with Crippen molar-refractivity contribution in [2.45, 2.75) is 29.8 Å². The highest BCUT2D eigenvalue weighted by molar-refractivity contribution is 7.98. The first-order valence-corrected chi connectivity index (χ1v) is 11.3. The van der Waals surface area contributed by atoms with Crippen LogP contribution in [0.4, 0.5) is 4.39 Å². The van der Waals surface area contributed by atoms with E-state index in [1.54, 1.807) is 24.5 Å². The minimum Gasteiger partial charge on any atom is -0.349 e. The van der Waals surface area contributed by atoms with Gasteiger partial charge in [-0.1, -0.05) is 23.9 Å². The number of carbonyl (C=O) groups excluding carboxylic acids is 1. The van der Waals surface area contributed by atoms with Gasteiger partial charge in [-0.25, -0.2) is 4.39 Å². The molecule has 1 fully saturated rings. The Labute approximate surface area is 188 Å². The number of amides is 1. The molecule has 160 valence electrons. The second-order valence-electron chi connectivity index (χ2n) is 7.59. The third kappa shape index (κ3) is 4.55. The molecule has 5 rings (SSSR count).